The maximum atomic E-state index is 13.3. The predicted octanol–water partition coefficient (Wildman–Crippen LogP) is 3.90. The van der Waals surface area contributed by atoms with E-state index in [0.717, 1.165) is 28.5 Å². The Morgan fingerprint density at radius 1 is 1.10 bits per heavy atom. The molecule has 4 aromatic rings. The quantitative estimate of drug-likeness (QED) is 0.486. The van der Waals surface area contributed by atoms with E-state index in [0.29, 0.717) is 29.2 Å². The van der Waals surface area contributed by atoms with Gasteiger partial charge in [-0.1, -0.05) is 18.2 Å². The summed E-state index contributed by atoms with van der Waals surface area (Å²) in [7, 11) is 5.53. The highest BCUT2D eigenvalue weighted by Crippen LogP contribution is 2.29. The average Bonchev–Trinajstić information content (AvgIpc) is 3.11. The molecule has 0 spiro atoms. The lowest BCUT2D eigenvalue weighted by molar-refractivity contribution is 0.103. The first-order chi connectivity index (χ1) is 14.1. The van der Waals surface area contributed by atoms with Crippen LogP contribution >= 0.6 is 0 Å². The van der Waals surface area contributed by atoms with E-state index in [9.17, 15) is 4.79 Å². The predicted molar refractivity (Wildman–Crippen MR) is 114 cm³/mol. The number of rotatable bonds is 7. The van der Waals surface area contributed by atoms with E-state index < -0.39 is 0 Å². The summed E-state index contributed by atoms with van der Waals surface area (Å²) >= 11 is 0. The number of nitrogens with one attached hydrogen (secondary N) is 1. The van der Waals surface area contributed by atoms with E-state index in [1.807, 2.05) is 49.3 Å². The highest BCUT2D eigenvalue weighted by Gasteiger charge is 2.18. The first-order valence-corrected chi connectivity index (χ1v) is 9.43. The van der Waals surface area contributed by atoms with Gasteiger partial charge in [-0.15, -0.1) is 0 Å². The molecule has 2 aromatic carbocycles. The standard InChI is InChI=1S/C23H23N3O3/c1-26(2)10-11-29-21-9-8-16(28-3)13-19(21)22(27)15-12-18-17-6-4-5-7-20(17)25-23(18)24-14-15/h4-9,12-14H,10-11H2,1-3H3,(H,24,25). The average molecular weight is 389 g/mol. The second kappa shape index (κ2) is 7.93. The molecular weight excluding hydrogens is 366 g/mol. The van der Waals surface area contributed by atoms with Gasteiger partial charge in [-0.25, -0.2) is 4.98 Å². The van der Waals surface area contributed by atoms with Crippen LogP contribution in [0.15, 0.2) is 54.7 Å². The molecule has 0 aliphatic rings. The fourth-order valence-electron chi connectivity index (χ4n) is 3.28. The lowest BCUT2D eigenvalue weighted by Gasteiger charge is -2.14. The van der Waals surface area contributed by atoms with E-state index in [-0.39, 0.29) is 5.78 Å². The molecule has 0 radical (unpaired) electrons. The molecule has 0 unspecified atom stereocenters. The van der Waals surface area contributed by atoms with Crippen LogP contribution in [0.2, 0.25) is 0 Å². The zero-order valence-corrected chi connectivity index (χ0v) is 16.7. The molecular formula is C23H23N3O3. The van der Waals surface area contributed by atoms with Gasteiger partial charge in [0.15, 0.2) is 5.78 Å². The summed E-state index contributed by atoms with van der Waals surface area (Å²) in [6.07, 6.45) is 1.60. The third-order valence-electron chi connectivity index (χ3n) is 4.85. The van der Waals surface area contributed by atoms with Crippen molar-refractivity contribution in [3.05, 3.63) is 65.9 Å². The van der Waals surface area contributed by atoms with Crippen molar-refractivity contribution >= 4 is 27.7 Å². The van der Waals surface area contributed by atoms with Gasteiger partial charge in [0.05, 0.1) is 12.7 Å². The third-order valence-corrected chi connectivity index (χ3v) is 4.85. The van der Waals surface area contributed by atoms with E-state index in [1.165, 1.54) is 0 Å². The Balaban J connectivity index is 1.73. The van der Waals surface area contributed by atoms with Crippen molar-refractivity contribution in [3.8, 4) is 11.5 Å². The first kappa shape index (κ1) is 19.0. The molecule has 148 valence electrons. The molecule has 0 amide bonds. The maximum absolute atomic E-state index is 13.3. The number of fused-ring (bicyclic) bond motifs is 3. The fourth-order valence-corrected chi connectivity index (χ4v) is 3.28. The van der Waals surface area contributed by atoms with Gasteiger partial charge < -0.3 is 19.4 Å². The lowest BCUT2D eigenvalue weighted by Crippen LogP contribution is -2.20. The number of nitrogens with zero attached hydrogens (tertiary/aromatic N) is 2. The van der Waals surface area contributed by atoms with E-state index in [1.54, 1.807) is 31.5 Å². The van der Waals surface area contributed by atoms with E-state index in [4.69, 9.17) is 9.47 Å². The summed E-state index contributed by atoms with van der Waals surface area (Å²) in [5, 5.41) is 1.96. The molecule has 0 fully saturated rings. The van der Waals surface area contributed by atoms with Crippen LogP contribution in [0, 0.1) is 0 Å². The second-order valence-corrected chi connectivity index (χ2v) is 7.13. The number of pyridine rings is 1. The Kier molecular flexibility index (Phi) is 5.18. The summed E-state index contributed by atoms with van der Waals surface area (Å²) in [5.74, 6) is 0.995. The number of ether oxygens (including phenoxy) is 2. The number of hydrogen-bond donors (Lipinski definition) is 1. The normalized spacial score (nSPS) is 11.3. The van der Waals surface area contributed by atoms with Crippen LogP contribution < -0.4 is 9.47 Å². The Labute approximate surface area is 169 Å². The third kappa shape index (κ3) is 3.79. The van der Waals surface area contributed by atoms with Gasteiger partial charge in [-0.3, -0.25) is 4.79 Å². The van der Waals surface area contributed by atoms with Crippen LogP contribution in [-0.2, 0) is 0 Å². The van der Waals surface area contributed by atoms with Crippen LogP contribution in [0.5, 0.6) is 11.5 Å². The van der Waals surface area contributed by atoms with E-state index >= 15 is 0 Å². The number of hydrogen-bond acceptors (Lipinski definition) is 5. The summed E-state index contributed by atoms with van der Waals surface area (Å²) < 4.78 is 11.2. The SMILES string of the molecule is COc1ccc(OCCN(C)C)c(C(=O)c2cnc3[nH]c4ccccc4c3c2)c1. The molecule has 2 heterocycles. The minimum atomic E-state index is -0.150. The van der Waals surface area contributed by atoms with Gasteiger partial charge in [0.1, 0.15) is 23.8 Å². The van der Waals surface area contributed by atoms with Gasteiger partial charge in [-0.2, -0.15) is 0 Å². The topological polar surface area (TPSA) is 67.5 Å². The molecule has 6 heteroatoms. The van der Waals surface area contributed by atoms with Crippen molar-refractivity contribution in [2.75, 3.05) is 34.4 Å². The lowest BCUT2D eigenvalue weighted by atomic mass is 10.0. The van der Waals surface area contributed by atoms with Gasteiger partial charge in [0.2, 0.25) is 0 Å². The Morgan fingerprint density at radius 2 is 1.93 bits per heavy atom. The number of methoxy groups -OCH3 is 1. The number of likely N-dealkylation sites (N-methyl/N-ethyl adjacent to an activating group) is 1. The number of aromatic amines is 1. The Morgan fingerprint density at radius 3 is 2.72 bits per heavy atom. The Hall–Kier alpha value is -3.38. The Bertz CT molecular complexity index is 1180. The van der Waals surface area contributed by atoms with Crippen LogP contribution in [0.4, 0.5) is 0 Å². The van der Waals surface area contributed by atoms with Crippen molar-refractivity contribution < 1.29 is 14.3 Å². The highest BCUT2D eigenvalue weighted by atomic mass is 16.5. The second-order valence-electron chi connectivity index (χ2n) is 7.13. The van der Waals surface area contributed by atoms with Crippen molar-refractivity contribution in [1.29, 1.82) is 0 Å². The van der Waals surface area contributed by atoms with Crippen LogP contribution in [-0.4, -0.2) is 55.0 Å². The zero-order valence-electron chi connectivity index (χ0n) is 16.7. The molecule has 0 bridgehead atoms. The number of para-hydroxylation sites is 1. The van der Waals surface area contributed by atoms with Crippen LogP contribution in [0.3, 0.4) is 0 Å². The first-order valence-electron chi connectivity index (χ1n) is 9.43. The summed E-state index contributed by atoms with van der Waals surface area (Å²) in [4.78, 5) is 23.1. The molecule has 2 aromatic heterocycles. The van der Waals surface area contributed by atoms with Gasteiger partial charge in [0, 0.05) is 34.6 Å². The number of carbonyl (C=O) groups excluding carboxylic acids is 1. The van der Waals surface area contributed by atoms with Gasteiger partial charge >= 0.3 is 0 Å². The number of ketones is 1. The summed E-state index contributed by atoms with van der Waals surface area (Å²) in [5.41, 5.74) is 2.72. The van der Waals surface area contributed by atoms with Gasteiger partial charge in [-0.05, 0) is 44.4 Å². The minimum Gasteiger partial charge on any atom is -0.497 e. The molecule has 0 saturated carbocycles. The van der Waals surface area contributed by atoms with Gasteiger partial charge in [0.25, 0.3) is 0 Å². The largest absolute Gasteiger partial charge is 0.497 e. The molecule has 0 atom stereocenters. The maximum Gasteiger partial charge on any atom is 0.198 e. The molecule has 4 rings (SSSR count). The minimum absolute atomic E-state index is 0.150. The molecule has 29 heavy (non-hydrogen) atoms. The van der Waals surface area contributed by atoms with E-state index in [2.05, 4.69) is 9.97 Å². The molecule has 1 N–H and O–H groups in total. The molecule has 6 nitrogen and oxygen atoms in total. The highest BCUT2D eigenvalue weighted by molar-refractivity contribution is 6.14. The number of carbonyl (C=O) groups is 1. The molecule has 0 saturated heterocycles. The fraction of sp³-hybridized carbons (Fsp3) is 0.217. The van der Waals surface area contributed by atoms with Crippen molar-refractivity contribution in [3.63, 3.8) is 0 Å². The van der Waals surface area contributed by atoms with Crippen molar-refractivity contribution in [1.82, 2.24) is 14.9 Å². The van der Waals surface area contributed by atoms with Crippen LogP contribution in [0.25, 0.3) is 21.9 Å². The number of aromatic nitrogens is 2. The zero-order chi connectivity index (χ0) is 20.4. The molecule has 0 aliphatic carbocycles. The molecule has 0 aliphatic heterocycles. The smallest absolute Gasteiger partial charge is 0.198 e. The summed E-state index contributed by atoms with van der Waals surface area (Å²) in [6, 6.07) is 15.1. The summed E-state index contributed by atoms with van der Waals surface area (Å²) in [6.45, 7) is 1.24. The van der Waals surface area contributed by atoms with Crippen LogP contribution in [0.1, 0.15) is 15.9 Å². The number of H-pyrrole nitrogens is 1. The van der Waals surface area contributed by atoms with Crippen molar-refractivity contribution in [2.24, 2.45) is 0 Å². The van der Waals surface area contributed by atoms with Crippen molar-refractivity contribution in [2.45, 2.75) is 0 Å². The number of benzene rings is 2. The monoisotopic (exact) mass is 389 g/mol.